The zero-order valence-corrected chi connectivity index (χ0v) is 5.89. The van der Waals surface area contributed by atoms with Gasteiger partial charge >= 0.3 is 0 Å². The summed E-state index contributed by atoms with van der Waals surface area (Å²) in [6, 6.07) is 7.75. The third-order valence-electron chi connectivity index (χ3n) is 1.47. The van der Waals surface area contributed by atoms with Gasteiger partial charge < -0.3 is 0 Å². The summed E-state index contributed by atoms with van der Waals surface area (Å²) in [7, 11) is 0. The van der Waals surface area contributed by atoms with Gasteiger partial charge in [0.2, 0.25) is 0 Å². The van der Waals surface area contributed by atoms with Crippen LogP contribution in [0.2, 0.25) is 0 Å². The Morgan fingerprint density at radius 2 is 2.20 bits per heavy atom. The Kier molecular flexibility index (Phi) is 1.73. The van der Waals surface area contributed by atoms with Crippen molar-refractivity contribution in [1.29, 1.82) is 5.26 Å². The van der Waals surface area contributed by atoms with Crippen LogP contribution in [0.15, 0.2) is 18.2 Å². The Morgan fingerprint density at radius 3 is 2.60 bits per heavy atom. The van der Waals surface area contributed by atoms with Gasteiger partial charge in [0.15, 0.2) is 0 Å². The van der Waals surface area contributed by atoms with Gasteiger partial charge in [-0.2, -0.15) is 5.26 Å². The lowest BCUT2D eigenvalue weighted by molar-refractivity contribution is 1.37. The summed E-state index contributed by atoms with van der Waals surface area (Å²) in [5.41, 5.74) is 2.50. The van der Waals surface area contributed by atoms with Crippen LogP contribution in [0.5, 0.6) is 0 Å². The molecule has 1 radical (unpaired) electrons. The fourth-order valence-electron chi connectivity index (χ4n) is 0.889. The van der Waals surface area contributed by atoms with Gasteiger partial charge in [-0.25, -0.2) is 0 Å². The smallest absolute Gasteiger partial charge is 0.0997 e. The van der Waals surface area contributed by atoms with Crippen LogP contribution in [0.3, 0.4) is 0 Å². The molecule has 0 saturated heterocycles. The normalized spacial score (nSPS) is 8.90. The number of benzene rings is 1. The van der Waals surface area contributed by atoms with E-state index in [9.17, 15) is 0 Å². The lowest BCUT2D eigenvalue weighted by Gasteiger charge is -1.98. The second kappa shape index (κ2) is 2.53. The molecule has 49 valence electrons. The van der Waals surface area contributed by atoms with Crippen LogP contribution < -0.4 is 0 Å². The van der Waals surface area contributed by atoms with Crippen molar-refractivity contribution >= 4 is 0 Å². The molecule has 0 aliphatic heterocycles. The summed E-state index contributed by atoms with van der Waals surface area (Å²) in [5, 5.41) is 8.61. The molecular weight excluding hydrogens is 122 g/mol. The van der Waals surface area contributed by atoms with Crippen LogP contribution in [-0.2, 0) is 0 Å². The van der Waals surface area contributed by atoms with Crippen LogP contribution in [-0.4, -0.2) is 0 Å². The maximum Gasteiger partial charge on any atom is 0.0997 e. The van der Waals surface area contributed by atoms with Gasteiger partial charge in [0.05, 0.1) is 11.6 Å². The van der Waals surface area contributed by atoms with Crippen molar-refractivity contribution in [2.75, 3.05) is 0 Å². The van der Waals surface area contributed by atoms with E-state index in [1.807, 2.05) is 25.1 Å². The molecule has 0 aromatic heterocycles. The lowest BCUT2D eigenvalue weighted by atomic mass is 10.1. The van der Waals surface area contributed by atoms with Crippen LogP contribution in [0, 0.1) is 25.2 Å². The summed E-state index contributed by atoms with van der Waals surface area (Å²) in [6.45, 7) is 5.64. The standard InChI is InChI=1S/C9H8N/c1-7-4-3-5-8(2)9(7)6-10/h3-5H,1H2,2H3. The highest BCUT2D eigenvalue weighted by Crippen LogP contribution is 2.10. The van der Waals surface area contributed by atoms with Crippen molar-refractivity contribution < 1.29 is 0 Å². The molecule has 0 atom stereocenters. The van der Waals surface area contributed by atoms with Crippen molar-refractivity contribution in [3.05, 3.63) is 41.8 Å². The van der Waals surface area contributed by atoms with Crippen molar-refractivity contribution in [1.82, 2.24) is 0 Å². The molecule has 0 aliphatic carbocycles. The molecule has 0 saturated carbocycles. The maximum atomic E-state index is 8.61. The molecule has 1 aromatic carbocycles. The number of rotatable bonds is 0. The highest BCUT2D eigenvalue weighted by Gasteiger charge is 1.97. The maximum absolute atomic E-state index is 8.61. The van der Waals surface area contributed by atoms with E-state index in [4.69, 9.17) is 5.26 Å². The first-order valence-electron chi connectivity index (χ1n) is 3.07. The topological polar surface area (TPSA) is 23.8 Å². The van der Waals surface area contributed by atoms with Gasteiger partial charge in [0.1, 0.15) is 0 Å². The molecule has 0 bridgehead atoms. The first-order valence-corrected chi connectivity index (χ1v) is 3.07. The minimum absolute atomic E-state index is 0.697. The number of nitriles is 1. The van der Waals surface area contributed by atoms with Crippen molar-refractivity contribution in [2.24, 2.45) is 0 Å². The predicted molar refractivity (Wildman–Crippen MR) is 40.4 cm³/mol. The van der Waals surface area contributed by atoms with E-state index in [1.165, 1.54) is 0 Å². The van der Waals surface area contributed by atoms with E-state index in [2.05, 4.69) is 13.0 Å². The predicted octanol–water partition coefficient (Wildman–Crippen LogP) is 2.05. The Bertz CT molecular complexity index is 261. The quantitative estimate of drug-likeness (QED) is 0.527. The summed E-state index contributed by atoms with van der Waals surface area (Å²) >= 11 is 0. The molecule has 0 amide bonds. The summed E-state index contributed by atoms with van der Waals surface area (Å²) in [4.78, 5) is 0. The fraction of sp³-hybridized carbons (Fsp3) is 0.111. The van der Waals surface area contributed by atoms with E-state index in [0.29, 0.717) is 5.56 Å². The molecule has 1 aromatic rings. The first-order chi connectivity index (χ1) is 4.75. The average Bonchev–Trinajstić information content (AvgIpc) is 1.88. The van der Waals surface area contributed by atoms with Crippen LogP contribution in [0.1, 0.15) is 16.7 Å². The second-order valence-electron chi connectivity index (χ2n) is 2.22. The third-order valence-corrected chi connectivity index (χ3v) is 1.47. The number of hydrogen-bond donors (Lipinski definition) is 0. The van der Waals surface area contributed by atoms with Crippen LogP contribution >= 0.6 is 0 Å². The molecule has 1 rings (SSSR count). The zero-order valence-electron chi connectivity index (χ0n) is 5.89. The van der Waals surface area contributed by atoms with E-state index >= 15 is 0 Å². The van der Waals surface area contributed by atoms with Gasteiger partial charge in [0.25, 0.3) is 0 Å². The molecule has 1 nitrogen and oxygen atoms in total. The average molecular weight is 130 g/mol. The first kappa shape index (κ1) is 6.82. The lowest BCUT2D eigenvalue weighted by Crippen LogP contribution is -1.84. The SMILES string of the molecule is [CH2]c1cccc(C)c1C#N. The summed E-state index contributed by atoms with van der Waals surface area (Å²) < 4.78 is 0. The number of nitrogens with zero attached hydrogens (tertiary/aromatic N) is 1. The van der Waals surface area contributed by atoms with E-state index in [0.717, 1.165) is 11.1 Å². The largest absolute Gasteiger partial charge is 0.192 e. The van der Waals surface area contributed by atoms with Crippen LogP contribution in [0.4, 0.5) is 0 Å². The molecule has 1 heteroatoms. The van der Waals surface area contributed by atoms with Gasteiger partial charge in [-0.1, -0.05) is 18.2 Å². The van der Waals surface area contributed by atoms with Crippen molar-refractivity contribution in [2.45, 2.75) is 6.92 Å². The molecular formula is C9H8N. The molecule has 10 heavy (non-hydrogen) atoms. The highest BCUT2D eigenvalue weighted by molar-refractivity contribution is 5.44. The Balaban J connectivity index is 3.34. The monoisotopic (exact) mass is 130 g/mol. The molecule has 0 fully saturated rings. The minimum atomic E-state index is 0.697. The van der Waals surface area contributed by atoms with E-state index in [1.54, 1.807) is 0 Å². The van der Waals surface area contributed by atoms with Gasteiger partial charge in [-0.3, -0.25) is 0 Å². The van der Waals surface area contributed by atoms with Crippen molar-refractivity contribution in [3.63, 3.8) is 0 Å². The highest BCUT2D eigenvalue weighted by atomic mass is 14.2. The van der Waals surface area contributed by atoms with E-state index < -0.39 is 0 Å². The Morgan fingerprint density at radius 1 is 1.50 bits per heavy atom. The number of hydrogen-bond acceptors (Lipinski definition) is 1. The molecule has 0 heterocycles. The molecule has 0 aliphatic rings. The Labute approximate surface area is 60.9 Å². The Hall–Kier alpha value is -1.29. The van der Waals surface area contributed by atoms with Gasteiger partial charge in [-0.05, 0) is 25.0 Å². The minimum Gasteiger partial charge on any atom is -0.192 e. The van der Waals surface area contributed by atoms with Crippen LogP contribution in [0.25, 0.3) is 0 Å². The molecule has 0 spiro atoms. The zero-order chi connectivity index (χ0) is 7.56. The van der Waals surface area contributed by atoms with E-state index in [-0.39, 0.29) is 0 Å². The summed E-state index contributed by atoms with van der Waals surface area (Å²) in [5.74, 6) is 0. The van der Waals surface area contributed by atoms with Gasteiger partial charge in [0, 0.05) is 0 Å². The molecule has 0 N–H and O–H groups in total. The van der Waals surface area contributed by atoms with Crippen molar-refractivity contribution in [3.8, 4) is 6.07 Å². The molecule has 0 unspecified atom stereocenters. The number of aryl methyl sites for hydroxylation is 1. The van der Waals surface area contributed by atoms with Gasteiger partial charge in [-0.15, -0.1) is 0 Å². The fourth-order valence-corrected chi connectivity index (χ4v) is 0.889. The summed E-state index contributed by atoms with van der Waals surface area (Å²) in [6.07, 6.45) is 0. The second-order valence-corrected chi connectivity index (χ2v) is 2.22. The third kappa shape index (κ3) is 1.01.